The zero-order chi connectivity index (χ0) is 22.9. The smallest absolute Gasteiger partial charge is 0.338 e. The third-order valence-electron chi connectivity index (χ3n) is 7.42. The van der Waals surface area contributed by atoms with Gasteiger partial charge < -0.3 is 4.74 Å². The van der Waals surface area contributed by atoms with Crippen LogP contribution in [0.4, 0.5) is 0 Å². The molecule has 4 nitrogen and oxygen atoms in total. The number of ketones is 2. The molecule has 4 unspecified atom stereocenters. The Morgan fingerprint density at radius 2 is 1.85 bits per heavy atom. The van der Waals surface area contributed by atoms with Gasteiger partial charge in [-0.3, -0.25) is 9.59 Å². The lowest BCUT2D eigenvalue weighted by molar-refractivity contribution is -0.147. The summed E-state index contributed by atoms with van der Waals surface area (Å²) in [5, 5.41) is 0. The SMILES string of the molecule is CC1C=CC(C(=O)C(OC(=O)C2=CC3C4=C(CCCC4)C(=O)C3C=C2)C2=CC=CCC2)=CC1. The Hall–Kier alpha value is -3.01. The molecule has 0 saturated heterocycles. The molecule has 33 heavy (non-hydrogen) atoms. The molecule has 0 aliphatic heterocycles. The first-order valence-electron chi connectivity index (χ1n) is 12.2. The van der Waals surface area contributed by atoms with Gasteiger partial charge >= 0.3 is 5.97 Å². The lowest BCUT2D eigenvalue weighted by Gasteiger charge is -2.25. The van der Waals surface area contributed by atoms with Gasteiger partial charge in [-0.25, -0.2) is 4.79 Å². The summed E-state index contributed by atoms with van der Waals surface area (Å²) in [6.07, 6.45) is 22.5. The number of allylic oxidation sites excluding steroid dienone is 10. The second-order valence-electron chi connectivity index (χ2n) is 9.70. The molecule has 5 aliphatic carbocycles. The Balaban J connectivity index is 1.39. The van der Waals surface area contributed by atoms with Gasteiger partial charge in [-0.05, 0) is 62.0 Å². The van der Waals surface area contributed by atoms with E-state index in [2.05, 4.69) is 6.92 Å². The minimum atomic E-state index is -0.923. The van der Waals surface area contributed by atoms with Crippen LogP contribution in [-0.4, -0.2) is 23.6 Å². The second kappa shape index (κ2) is 9.09. The molecule has 0 amide bonds. The summed E-state index contributed by atoms with van der Waals surface area (Å²) in [4.78, 5) is 39.4. The van der Waals surface area contributed by atoms with Crippen LogP contribution < -0.4 is 0 Å². The Labute approximate surface area is 195 Å². The summed E-state index contributed by atoms with van der Waals surface area (Å²) >= 11 is 0. The topological polar surface area (TPSA) is 60.4 Å². The zero-order valence-electron chi connectivity index (χ0n) is 19.1. The van der Waals surface area contributed by atoms with E-state index in [-0.39, 0.29) is 23.4 Å². The van der Waals surface area contributed by atoms with Crippen molar-refractivity contribution < 1.29 is 19.1 Å². The first-order valence-corrected chi connectivity index (χ1v) is 12.2. The molecule has 0 heterocycles. The van der Waals surface area contributed by atoms with Crippen molar-refractivity contribution in [1.29, 1.82) is 0 Å². The van der Waals surface area contributed by atoms with Gasteiger partial charge in [-0.15, -0.1) is 0 Å². The van der Waals surface area contributed by atoms with Crippen molar-refractivity contribution in [3.63, 3.8) is 0 Å². The fraction of sp³-hybridized carbons (Fsp3) is 0.414. The van der Waals surface area contributed by atoms with Gasteiger partial charge in [0.05, 0.1) is 11.5 Å². The normalized spacial score (nSPS) is 29.1. The summed E-state index contributed by atoms with van der Waals surface area (Å²) in [5.41, 5.74) is 4.05. The van der Waals surface area contributed by atoms with E-state index in [1.165, 1.54) is 5.57 Å². The van der Waals surface area contributed by atoms with Crippen molar-refractivity contribution in [3.05, 3.63) is 82.5 Å². The summed E-state index contributed by atoms with van der Waals surface area (Å²) in [7, 11) is 0. The van der Waals surface area contributed by atoms with Crippen LogP contribution in [0.3, 0.4) is 0 Å². The van der Waals surface area contributed by atoms with Crippen molar-refractivity contribution in [1.82, 2.24) is 0 Å². The average Bonchev–Trinajstić information content (AvgIpc) is 3.14. The number of Topliss-reactive ketones (excluding diaryl/α,β-unsaturated/α-hetero) is 2. The van der Waals surface area contributed by atoms with Gasteiger partial charge in [-0.1, -0.05) is 67.2 Å². The first kappa shape index (κ1) is 21.8. The number of carbonyl (C=O) groups is 3. The van der Waals surface area contributed by atoms with Gasteiger partial charge in [-0.2, -0.15) is 0 Å². The quantitative estimate of drug-likeness (QED) is 0.532. The van der Waals surface area contributed by atoms with Crippen molar-refractivity contribution >= 4 is 17.5 Å². The molecule has 4 heteroatoms. The molecule has 0 aromatic carbocycles. The van der Waals surface area contributed by atoms with Crippen LogP contribution in [0.1, 0.15) is 51.9 Å². The highest BCUT2D eigenvalue weighted by Crippen LogP contribution is 2.45. The molecular weight excluding hydrogens is 412 g/mol. The highest BCUT2D eigenvalue weighted by Gasteiger charge is 2.42. The number of esters is 1. The largest absolute Gasteiger partial charge is 0.446 e. The molecule has 0 spiro atoms. The van der Waals surface area contributed by atoms with Gasteiger partial charge in [0.1, 0.15) is 0 Å². The number of rotatable bonds is 5. The minimum absolute atomic E-state index is 0.0446. The van der Waals surface area contributed by atoms with E-state index in [4.69, 9.17) is 4.74 Å². The van der Waals surface area contributed by atoms with Crippen LogP contribution >= 0.6 is 0 Å². The summed E-state index contributed by atoms with van der Waals surface area (Å²) in [5.74, 6) is -0.279. The highest BCUT2D eigenvalue weighted by atomic mass is 16.5. The lowest BCUT2D eigenvalue weighted by atomic mass is 9.82. The maximum absolute atomic E-state index is 13.4. The third-order valence-corrected chi connectivity index (χ3v) is 7.42. The van der Waals surface area contributed by atoms with Crippen LogP contribution in [0, 0.1) is 17.8 Å². The van der Waals surface area contributed by atoms with Gasteiger partial charge in [0.15, 0.2) is 11.9 Å². The van der Waals surface area contributed by atoms with Crippen LogP contribution in [0.5, 0.6) is 0 Å². The first-order chi connectivity index (χ1) is 16.0. The lowest BCUT2D eigenvalue weighted by Crippen LogP contribution is -2.32. The van der Waals surface area contributed by atoms with E-state index < -0.39 is 12.1 Å². The van der Waals surface area contributed by atoms with E-state index in [1.54, 1.807) is 6.08 Å². The number of hydrogen-bond donors (Lipinski definition) is 0. The standard InChI is InChI=1S/C29H30O4/c1-18-11-13-19(14-12-18)26(30)28(20-7-3-2-4-8-20)33-29(32)21-15-16-24-25(17-21)22-9-5-6-10-23(22)27(24)31/h2-3,7,11,13-18,24-25,28H,4-6,8-10,12H2,1H3. The van der Waals surface area contributed by atoms with Crippen molar-refractivity contribution in [3.8, 4) is 0 Å². The van der Waals surface area contributed by atoms with Gasteiger partial charge in [0.25, 0.3) is 0 Å². The molecule has 4 atom stereocenters. The molecule has 5 aliphatic rings. The average molecular weight is 443 g/mol. The Morgan fingerprint density at radius 3 is 2.61 bits per heavy atom. The predicted octanol–water partition coefficient (Wildman–Crippen LogP) is 5.45. The zero-order valence-corrected chi connectivity index (χ0v) is 19.1. The Kier molecular flexibility index (Phi) is 6.01. The Bertz CT molecular complexity index is 1100. The molecule has 5 rings (SSSR count). The second-order valence-corrected chi connectivity index (χ2v) is 9.70. The van der Waals surface area contributed by atoms with Crippen molar-refractivity contribution in [2.75, 3.05) is 0 Å². The minimum Gasteiger partial charge on any atom is -0.446 e. The number of hydrogen-bond acceptors (Lipinski definition) is 4. The number of ether oxygens (including phenoxy) is 1. The fourth-order valence-electron chi connectivity index (χ4n) is 5.54. The molecule has 0 fully saturated rings. The molecule has 170 valence electrons. The molecule has 0 radical (unpaired) electrons. The summed E-state index contributed by atoms with van der Waals surface area (Å²) in [6.45, 7) is 2.11. The molecular formula is C29H30O4. The van der Waals surface area contributed by atoms with Crippen LogP contribution in [0.2, 0.25) is 0 Å². The molecule has 0 aromatic heterocycles. The molecule has 0 N–H and O–H groups in total. The molecule has 0 bridgehead atoms. The van der Waals surface area contributed by atoms with Crippen molar-refractivity contribution in [2.24, 2.45) is 17.8 Å². The molecule has 0 aromatic rings. The maximum Gasteiger partial charge on any atom is 0.338 e. The van der Waals surface area contributed by atoms with E-state index >= 15 is 0 Å². The summed E-state index contributed by atoms with van der Waals surface area (Å²) in [6, 6.07) is 0. The molecule has 0 saturated carbocycles. The summed E-state index contributed by atoms with van der Waals surface area (Å²) < 4.78 is 5.90. The van der Waals surface area contributed by atoms with E-state index in [0.29, 0.717) is 23.5 Å². The van der Waals surface area contributed by atoms with Crippen LogP contribution in [0.25, 0.3) is 0 Å². The number of carbonyl (C=O) groups excluding carboxylic acids is 3. The maximum atomic E-state index is 13.4. The predicted molar refractivity (Wildman–Crippen MR) is 127 cm³/mol. The van der Waals surface area contributed by atoms with E-state index in [0.717, 1.165) is 49.7 Å². The van der Waals surface area contributed by atoms with Crippen LogP contribution in [-0.2, 0) is 19.1 Å². The fourth-order valence-corrected chi connectivity index (χ4v) is 5.54. The Morgan fingerprint density at radius 1 is 1.03 bits per heavy atom. The van der Waals surface area contributed by atoms with Crippen LogP contribution in [0.15, 0.2) is 82.5 Å². The van der Waals surface area contributed by atoms with E-state index in [9.17, 15) is 14.4 Å². The number of fused-ring (bicyclic) bond motifs is 2. The van der Waals surface area contributed by atoms with Gasteiger partial charge in [0.2, 0.25) is 5.78 Å². The van der Waals surface area contributed by atoms with Crippen molar-refractivity contribution in [2.45, 2.75) is 58.0 Å². The monoisotopic (exact) mass is 442 g/mol. The van der Waals surface area contributed by atoms with Gasteiger partial charge in [0, 0.05) is 11.5 Å². The van der Waals surface area contributed by atoms with E-state index in [1.807, 2.05) is 48.6 Å². The highest BCUT2D eigenvalue weighted by molar-refractivity contribution is 6.06. The third kappa shape index (κ3) is 4.19.